The highest BCUT2D eigenvalue weighted by Crippen LogP contribution is 2.13. The number of piperazine rings is 1. The number of nitrogens with zero attached hydrogens (tertiary/aromatic N) is 5. The summed E-state index contributed by atoms with van der Waals surface area (Å²) in [4.78, 5) is 54.7. The number of hydrogen-bond donors (Lipinski definition) is 0. The third-order valence-electron chi connectivity index (χ3n) is 6.30. The molecular weight excluding hydrogens is 453 g/mol. The summed E-state index contributed by atoms with van der Waals surface area (Å²) in [5.74, 6) is -1.30. The van der Waals surface area contributed by atoms with E-state index in [0.29, 0.717) is 18.8 Å². The van der Waals surface area contributed by atoms with Crippen molar-refractivity contribution in [2.24, 2.45) is 0 Å². The molecule has 2 aromatic carbocycles. The van der Waals surface area contributed by atoms with E-state index >= 15 is 0 Å². The average Bonchev–Trinajstić information content (AvgIpc) is 2.84. The van der Waals surface area contributed by atoms with Crippen molar-refractivity contribution in [2.45, 2.75) is 27.3 Å². The summed E-state index contributed by atoms with van der Waals surface area (Å²) in [5, 5.41) is 4.17. The molecule has 4 rings (SSSR count). The van der Waals surface area contributed by atoms with Crippen LogP contribution in [-0.2, 0) is 11.3 Å². The van der Waals surface area contributed by atoms with Gasteiger partial charge in [0.05, 0.1) is 12.2 Å². The molecule has 1 aliphatic heterocycles. The van der Waals surface area contributed by atoms with Gasteiger partial charge in [0.15, 0.2) is 0 Å². The van der Waals surface area contributed by atoms with Gasteiger partial charge >= 0.3 is 5.69 Å². The van der Waals surface area contributed by atoms with E-state index in [9.17, 15) is 23.6 Å². The van der Waals surface area contributed by atoms with E-state index in [0.717, 1.165) is 20.4 Å². The van der Waals surface area contributed by atoms with E-state index in [2.05, 4.69) is 5.10 Å². The summed E-state index contributed by atoms with van der Waals surface area (Å²) in [7, 11) is 0. The smallest absolute Gasteiger partial charge is 0.339 e. The Bertz CT molecular complexity index is 1420. The van der Waals surface area contributed by atoms with Crippen LogP contribution in [0.1, 0.15) is 34.1 Å². The molecule has 1 aromatic heterocycles. The largest absolute Gasteiger partial charge is 0.352 e. The third-order valence-corrected chi connectivity index (χ3v) is 6.30. The SMILES string of the molecule is CC(=O)N1CCN(C(=O)c2nn(-c3ccc(C)c(C)c3)c(=O)n(Cc3ccccc3F)c2=O)CC1. The highest BCUT2D eigenvalue weighted by Gasteiger charge is 2.28. The fourth-order valence-corrected chi connectivity index (χ4v) is 3.98. The van der Waals surface area contributed by atoms with E-state index in [1.165, 1.54) is 30.0 Å². The molecule has 0 unspecified atom stereocenters. The first kappa shape index (κ1) is 24.1. The zero-order valence-electron chi connectivity index (χ0n) is 19.8. The van der Waals surface area contributed by atoms with E-state index in [1.54, 1.807) is 23.1 Å². The van der Waals surface area contributed by atoms with E-state index in [1.807, 2.05) is 19.9 Å². The van der Waals surface area contributed by atoms with Gasteiger partial charge < -0.3 is 9.80 Å². The van der Waals surface area contributed by atoms with Crippen LogP contribution in [-0.4, -0.2) is 62.1 Å². The second-order valence-electron chi connectivity index (χ2n) is 8.59. The minimum absolute atomic E-state index is 0.0919. The summed E-state index contributed by atoms with van der Waals surface area (Å²) in [5.41, 5.74) is 0.318. The average molecular weight is 480 g/mol. The normalized spacial score (nSPS) is 13.7. The number of rotatable bonds is 4. The van der Waals surface area contributed by atoms with Gasteiger partial charge in [-0.3, -0.25) is 19.0 Å². The van der Waals surface area contributed by atoms with Crippen molar-refractivity contribution in [3.05, 3.63) is 91.5 Å². The number of halogens is 1. The Morgan fingerprint density at radius 2 is 1.60 bits per heavy atom. The van der Waals surface area contributed by atoms with Crippen molar-refractivity contribution in [1.82, 2.24) is 24.1 Å². The summed E-state index contributed by atoms with van der Waals surface area (Å²) in [6, 6.07) is 11.1. The fourth-order valence-electron chi connectivity index (χ4n) is 3.98. The first-order valence-electron chi connectivity index (χ1n) is 11.3. The predicted molar refractivity (Wildman–Crippen MR) is 127 cm³/mol. The Balaban J connectivity index is 1.83. The second kappa shape index (κ2) is 9.65. The number of carbonyl (C=O) groups excluding carboxylic acids is 2. The minimum Gasteiger partial charge on any atom is -0.339 e. The van der Waals surface area contributed by atoms with Crippen molar-refractivity contribution in [3.8, 4) is 5.69 Å². The molecule has 2 heterocycles. The van der Waals surface area contributed by atoms with Crippen molar-refractivity contribution in [2.75, 3.05) is 26.2 Å². The molecule has 0 N–H and O–H groups in total. The lowest BCUT2D eigenvalue weighted by molar-refractivity contribution is -0.130. The number of aryl methyl sites for hydroxylation is 2. The molecule has 1 fully saturated rings. The third kappa shape index (κ3) is 4.77. The summed E-state index contributed by atoms with van der Waals surface area (Å²) in [6.07, 6.45) is 0. The van der Waals surface area contributed by atoms with Gasteiger partial charge in [-0.05, 0) is 43.2 Å². The van der Waals surface area contributed by atoms with Gasteiger partial charge in [-0.15, -0.1) is 0 Å². The molecule has 1 saturated heterocycles. The van der Waals surface area contributed by atoms with Gasteiger partial charge in [0.2, 0.25) is 11.6 Å². The highest BCUT2D eigenvalue weighted by atomic mass is 19.1. The monoisotopic (exact) mass is 479 g/mol. The van der Waals surface area contributed by atoms with Gasteiger partial charge in [-0.1, -0.05) is 24.3 Å². The Hall–Kier alpha value is -4.08. The lowest BCUT2D eigenvalue weighted by Gasteiger charge is -2.33. The quantitative estimate of drug-likeness (QED) is 0.565. The summed E-state index contributed by atoms with van der Waals surface area (Å²) >= 11 is 0. The number of amides is 2. The molecule has 1 aliphatic rings. The molecule has 3 aromatic rings. The number of benzene rings is 2. The lowest BCUT2D eigenvalue weighted by atomic mass is 10.1. The van der Waals surface area contributed by atoms with Gasteiger partial charge in [-0.25, -0.2) is 9.18 Å². The molecule has 10 heteroatoms. The summed E-state index contributed by atoms with van der Waals surface area (Å²) < 4.78 is 16.2. The molecule has 0 bridgehead atoms. The van der Waals surface area contributed by atoms with Gasteiger partial charge in [0.25, 0.3) is 11.5 Å². The Kier molecular flexibility index (Phi) is 6.63. The zero-order valence-corrected chi connectivity index (χ0v) is 19.8. The molecule has 2 amide bonds. The highest BCUT2D eigenvalue weighted by molar-refractivity contribution is 5.92. The molecule has 182 valence electrons. The van der Waals surface area contributed by atoms with E-state index < -0.39 is 28.7 Å². The van der Waals surface area contributed by atoms with Crippen molar-refractivity contribution >= 4 is 11.8 Å². The van der Waals surface area contributed by atoms with Crippen LogP contribution < -0.4 is 11.2 Å². The maximum absolute atomic E-state index is 14.4. The number of hydrogen-bond acceptors (Lipinski definition) is 5. The molecule has 0 aliphatic carbocycles. The molecule has 35 heavy (non-hydrogen) atoms. The maximum Gasteiger partial charge on any atom is 0.352 e. The van der Waals surface area contributed by atoms with Crippen LogP contribution in [0.5, 0.6) is 0 Å². The van der Waals surface area contributed by atoms with Crippen LogP contribution in [0.2, 0.25) is 0 Å². The van der Waals surface area contributed by atoms with Gasteiger partial charge in [0, 0.05) is 38.7 Å². The molecule has 0 atom stereocenters. The van der Waals surface area contributed by atoms with E-state index in [-0.39, 0.29) is 31.1 Å². The van der Waals surface area contributed by atoms with Crippen LogP contribution in [0.3, 0.4) is 0 Å². The maximum atomic E-state index is 14.4. The van der Waals surface area contributed by atoms with Crippen LogP contribution in [0.25, 0.3) is 5.69 Å². The molecule has 0 radical (unpaired) electrons. The topological polar surface area (TPSA) is 97.5 Å². The Morgan fingerprint density at radius 1 is 0.943 bits per heavy atom. The second-order valence-corrected chi connectivity index (χ2v) is 8.59. The lowest BCUT2D eigenvalue weighted by Crippen LogP contribution is -2.52. The number of aromatic nitrogens is 3. The molecule has 9 nitrogen and oxygen atoms in total. The first-order valence-corrected chi connectivity index (χ1v) is 11.3. The zero-order chi connectivity index (χ0) is 25.3. The summed E-state index contributed by atoms with van der Waals surface area (Å²) in [6.45, 7) is 6.04. The molecule has 0 saturated carbocycles. The van der Waals surface area contributed by atoms with Crippen LogP contribution >= 0.6 is 0 Å². The predicted octanol–water partition coefficient (Wildman–Crippen LogP) is 1.50. The van der Waals surface area contributed by atoms with Crippen LogP contribution in [0.4, 0.5) is 4.39 Å². The van der Waals surface area contributed by atoms with Crippen LogP contribution in [0.15, 0.2) is 52.1 Å². The molecular formula is C25H26FN5O4. The Morgan fingerprint density at radius 3 is 2.23 bits per heavy atom. The Labute approximate surface area is 201 Å². The van der Waals surface area contributed by atoms with Crippen molar-refractivity contribution < 1.29 is 14.0 Å². The van der Waals surface area contributed by atoms with Crippen LogP contribution in [0, 0.1) is 19.7 Å². The van der Waals surface area contributed by atoms with Gasteiger partial charge in [0.1, 0.15) is 5.82 Å². The van der Waals surface area contributed by atoms with Gasteiger partial charge in [-0.2, -0.15) is 9.78 Å². The first-order chi connectivity index (χ1) is 16.7. The number of carbonyl (C=O) groups is 2. The standard InChI is InChI=1S/C25H26FN5O4/c1-16-8-9-20(14-17(16)2)31-25(35)30(15-19-6-4-5-7-21(19)26)24(34)22(27-31)23(33)29-12-10-28(11-13-29)18(3)32/h4-9,14H,10-13,15H2,1-3H3. The minimum atomic E-state index is -0.891. The molecule has 0 spiro atoms. The van der Waals surface area contributed by atoms with Crippen molar-refractivity contribution in [1.29, 1.82) is 0 Å². The van der Waals surface area contributed by atoms with Crippen molar-refractivity contribution in [3.63, 3.8) is 0 Å². The fraction of sp³-hybridized carbons (Fsp3) is 0.320. The van der Waals surface area contributed by atoms with E-state index in [4.69, 9.17) is 0 Å².